The minimum atomic E-state index is -3.96. The fraction of sp³-hybridized carbons (Fsp3) is 0.611. The zero-order chi connectivity index (χ0) is 23.3. The van der Waals surface area contributed by atoms with Crippen LogP contribution in [0.4, 0.5) is 5.69 Å². The van der Waals surface area contributed by atoms with Crippen molar-refractivity contribution in [3.05, 3.63) is 29.8 Å². The molecule has 31 heavy (non-hydrogen) atoms. The molecule has 178 valence electrons. The Bertz CT molecular complexity index is 758. The average Bonchev–Trinajstić information content (AvgIpc) is 2.71. The van der Waals surface area contributed by atoms with Crippen molar-refractivity contribution in [3.63, 3.8) is 0 Å². The third-order valence-electron chi connectivity index (χ3n) is 3.54. The molecule has 0 aliphatic rings. The molecule has 0 fully saturated rings. The van der Waals surface area contributed by atoms with Crippen molar-refractivity contribution in [2.75, 3.05) is 45.3 Å². The van der Waals surface area contributed by atoms with Gasteiger partial charge in [-0.3, -0.25) is 31.9 Å². The van der Waals surface area contributed by atoms with Crippen molar-refractivity contribution < 1.29 is 41.1 Å². The average molecular weight is 482 g/mol. The second kappa shape index (κ2) is 14.0. The lowest BCUT2D eigenvalue weighted by Crippen LogP contribution is -2.36. The van der Waals surface area contributed by atoms with Crippen LogP contribution in [0, 0.1) is 0 Å². The lowest BCUT2D eigenvalue weighted by molar-refractivity contribution is 0.0386. The number of amides is 1. The van der Waals surface area contributed by atoms with Gasteiger partial charge in [-0.2, -0.15) is 0 Å². The van der Waals surface area contributed by atoms with Gasteiger partial charge in [0.15, 0.2) is 0 Å². The summed E-state index contributed by atoms with van der Waals surface area (Å²) in [6.07, 6.45) is -1.06. The van der Waals surface area contributed by atoms with Crippen LogP contribution in [0.3, 0.4) is 0 Å². The number of benzene rings is 1. The Hall–Kier alpha value is -1.29. The summed E-state index contributed by atoms with van der Waals surface area (Å²) in [5, 5.41) is 2.62. The van der Waals surface area contributed by atoms with Crippen LogP contribution in [0.25, 0.3) is 0 Å². The molecular weight excluding hydrogens is 450 g/mol. The van der Waals surface area contributed by atoms with E-state index in [0.717, 1.165) is 0 Å². The third-order valence-corrected chi connectivity index (χ3v) is 6.86. The molecule has 1 amide bonds. The summed E-state index contributed by atoms with van der Waals surface area (Å²) in [6.45, 7) is 6.26. The van der Waals surface area contributed by atoms with Gasteiger partial charge in [-0.15, -0.1) is 0 Å². The van der Waals surface area contributed by atoms with E-state index in [4.69, 9.17) is 32.9 Å². The minimum absolute atomic E-state index is 0.0636. The first-order chi connectivity index (χ1) is 14.7. The highest BCUT2D eigenvalue weighted by atomic mass is 31.2. The predicted molar refractivity (Wildman–Crippen MR) is 116 cm³/mol. The van der Waals surface area contributed by atoms with Crippen molar-refractivity contribution in [2.45, 2.75) is 33.8 Å². The molecule has 1 unspecified atom stereocenters. The van der Waals surface area contributed by atoms with Gasteiger partial charge in [0.25, 0.3) is 5.91 Å². The second-order valence-electron chi connectivity index (χ2n) is 5.89. The first kappa shape index (κ1) is 27.7. The summed E-state index contributed by atoms with van der Waals surface area (Å²) in [5.41, 5.74) is 6.37. The van der Waals surface area contributed by atoms with Gasteiger partial charge in [0.05, 0.1) is 38.6 Å². The van der Waals surface area contributed by atoms with Crippen molar-refractivity contribution in [1.29, 1.82) is 0 Å². The molecule has 1 atom stereocenters. The molecule has 0 radical (unpaired) electrons. The van der Waals surface area contributed by atoms with Crippen molar-refractivity contribution in [2.24, 2.45) is 0 Å². The number of phosphoric acid groups is 2. The largest absolute Gasteiger partial charge is 0.475 e. The van der Waals surface area contributed by atoms with Crippen LogP contribution >= 0.6 is 15.6 Å². The Labute approximate surface area is 183 Å². The van der Waals surface area contributed by atoms with E-state index >= 15 is 0 Å². The molecule has 0 saturated heterocycles. The molecular formula is C18H32N2O9P2. The maximum atomic E-state index is 12.8. The van der Waals surface area contributed by atoms with Crippen LogP contribution in [0.5, 0.6) is 0 Å². The van der Waals surface area contributed by atoms with E-state index in [0.29, 0.717) is 5.69 Å². The monoisotopic (exact) mass is 482 g/mol. The molecule has 11 nitrogen and oxygen atoms in total. The zero-order valence-corrected chi connectivity index (χ0v) is 20.1. The van der Waals surface area contributed by atoms with Crippen molar-refractivity contribution >= 4 is 27.2 Å². The third kappa shape index (κ3) is 9.80. The fourth-order valence-electron chi connectivity index (χ4n) is 2.33. The Morgan fingerprint density at radius 3 is 1.94 bits per heavy atom. The molecule has 1 aromatic rings. The van der Waals surface area contributed by atoms with Gasteiger partial charge >= 0.3 is 15.6 Å². The quantitative estimate of drug-likeness (QED) is 0.264. The summed E-state index contributed by atoms with van der Waals surface area (Å²) in [5.74, 6) is -0.479. The number of nitrogen functional groups attached to an aromatic ring is 1. The normalized spacial score (nSPS) is 13.2. The van der Waals surface area contributed by atoms with E-state index in [2.05, 4.69) is 5.32 Å². The first-order valence-electron chi connectivity index (χ1n) is 9.96. The van der Waals surface area contributed by atoms with Gasteiger partial charge in [0.1, 0.15) is 6.10 Å². The topological polar surface area (TPSA) is 145 Å². The van der Waals surface area contributed by atoms with Gasteiger partial charge in [0, 0.05) is 12.2 Å². The van der Waals surface area contributed by atoms with Crippen LogP contribution in [-0.4, -0.2) is 51.6 Å². The molecule has 13 heteroatoms. The van der Waals surface area contributed by atoms with E-state index in [1.165, 1.54) is 0 Å². The van der Waals surface area contributed by atoms with Crippen LogP contribution in [0.2, 0.25) is 0 Å². The molecule has 3 N–H and O–H groups in total. The molecule has 1 aromatic carbocycles. The number of carbonyl (C=O) groups is 1. The van der Waals surface area contributed by atoms with E-state index in [1.807, 2.05) is 0 Å². The van der Waals surface area contributed by atoms with Gasteiger partial charge in [-0.25, -0.2) is 9.13 Å². The SMILES string of the molecule is CCOP(=O)(OCC)OCC(CNC(=O)c1ccccc1N)OP(=O)(OCC)OCC. The lowest BCUT2D eigenvalue weighted by atomic mass is 10.1. The maximum absolute atomic E-state index is 12.8. The number of phosphoric ester groups is 2. The second-order valence-corrected chi connectivity index (χ2v) is 9.18. The molecule has 0 bridgehead atoms. The highest BCUT2D eigenvalue weighted by Gasteiger charge is 2.33. The summed E-state index contributed by atoms with van der Waals surface area (Å²) < 4.78 is 56.6. The van der Waals surface area contributed by atoms with Gasteiger partial charge in [0.2, 0.25) is 0 Å². The Balaban J connectivity index is 2.95. The summed E-state index contributed by atoms with van der Waals surface area (Å²) in [4.78, 5) is 12.5. The molecule has 0 aliphatic heterocycles. The van der Waals surface area contributed by atoms with Gasteiger partial charge in [-0.1, -0.05) is 12.1 Å². The number of rotatable bonds is 16. The molecule has 0 aliphatic carbocycles. The molecule has 0 saturated carbocycles. The minimum Gasteiger partial charge on any atom is -0.398 e. The molecule has 0 heterocycles. The van der Waals surface area contributed by atoms with Gasteiger partial charge in [-0.05, 0) is 39.8 Å². The summed E-state index contributed by atoms with van der Waals surface area (Å²) in [6, 6.07) is 6.51. The van der Waals surface area contributed by atoms with Crippen molar-refractivity contribution in [3.8, 4) is 0 Å². The first-order valence-corrected chi connectivity index (χ1v) is 12.9. The van der Waals surface area contributed by atoms with Gasteiger partial charge < -0.3 is 11.1 Å². The molecule has 0 spiro atoms. The molecule has 1 rings (SSSR count). The fourth-order valence-corrected chi connectivity index (χ4v) is 4.87. The van der Waals surface area contributed by atoms with Crippen LogP contribution in [-0.2, 0) is 36.3 Å². The highest BCUT2D eigenvalue weighted by molar-refractivity contribution is 7.48. The lowest BCUT2D eigenvalue weighted by Gasteiger charge is -2.25. The Morgan fingerprint density at radius 1 is 0.903 bits per heavy atom. The maximum Gasteiger partial charge on any atom is 0.475 e. The standard InChI is InChI=1S/C18H32N2O9P2/c1-5-24-30(22,25-6-2)28-14-15(29-31(23,26-7-3)27-8-4)13-20-18(21)16-11-9-10-12-17(16)19/h9-12,15H,5-8,13-14,19H2,1-4H3,(H,20,21). The van der Waals surface area contributed by atoms with Crippen LogP contribution in [0.1, 0.15) is 38.1 Å². The number of anilines is 1. The smallest absolute Gasteiger partial charge is 0.398 e. The van der Waals surface area contributed by atoms with E-state index in [-0.39, 0.29) is 45.1 Å². The Kier molecular flexibility index (Phi) is 12.5. The number of hydrogen-bond donors (Lipinski definition) is 2. The van der Waals surface area contributed by atoms with Crippen molar-refractivity contribution in [1.82, 2.24) is 5.32 Å². The van der Waals surface area contributed by atoms with Crippen LogP contribution < -0.4 is 11.1 Å². The number of nitrogens with two attached hydrogens (primary N) is 1. The summed E-state index contributed by atoms with van der Waals surface area (Å²) in [7, 11) is -7.82. The zero-order valence-electron chi connectivity index (χ0n) is 18.3. The predicted octanol–water partition coefficient (Wildman–Crippen LogP) is 3.76. The number of carbonyl (C=O) groups excluding carboxylic acids is 1. The highest BCUT2D eigenvalue weighted by Crippen LogP contribution is 2.52. The Morgan fingerprint density at radius 2 is 1.42 bits per heavy atom. The van der Waals surface area contributed by atoms with E-state index in [9.17, 15) is 13.9 Å². The summed E-state index contributed by atoms with van der Waals surface area (Å²) >= 11 is 0. The number of hydrogen-bond acceptors (Lipinski definition) is 10. The van der Waals surface area contributed by atoms with E-state index in [1.54, 1.807) is 52.0 Å². The molecule has 0 aromatic heterocycles. The number of para-hydroxylation sites is 1. The van der Waals surface area contributed by atoms with E-state index < -0.39 is 27.7 Å². The van der Waals surface area contributed by atoms with Crippen LogP contribution in [0.15, 0.2) is 24.3 Å². The number of nitrogens with one attached hydrogen (secondary N) is 1.